The smallest absolute Gasteiger partial charge is 0.494 e. The molecule has 3 N–H and O–H groups in total. The van der Waals surface area contributed by atoms with Gasteiger partial charge in [-0.15, -0.1) is 0 Å². The number of imidazole rings is 1. The van der Waals surface area contributed by atoms with E-state index in [0.717, 1.165) is 12.1 Å². The molecule has 3 aromatic heterocycles. The Morgan fingerprint density at radius 2 is 1.86 bits per heavy atom. The number of benzene rings is 2. The molecule has 1 unspecified atom stereocenters. The van der Waals surface area contributed by atoms with E-state index in [-0.39, 0.29) is 59.7 Å². The number of fused-ring (bicyclic) bond motifs is 1. The number of nitrogens with two attached hydrogens (primary N) is 1. The Morgan fingerprint density at radius 3 is 2.61 bits per heavy atom. The van der Waals surface area contributed by atoms with Gasteiger partial charge in [0.25, 0.3) is 5.56 Å². The number of methoxy groups -OCH3 is 1. The molecule has 17 heteroatoms. The van der Waals surface area contributed by atoms with Crippen molar-refractivity contribution in [2.75, 3.05) is 25.8 Å². The monoisotopic (exact) mass is 633 g/mol. The van der Waals surface area contributed by atoms with Crippen LogP contribution in [0.15, 0.2) is 61.1 Å². The van der Waals surface area contributed by atoms with Crippen molar-refractivity contribution in [2.45, 2.75) is 26.7 Å². The summed E-state index contributed by atoms with van der Waals surface area (Å²) in [6.45, 7) is 0.730. The molecule has 5 rings (SSSR count). The van der Waals surface area contributed by atoms with Gasteiger partial charge in [0.1, 0.15) is 18.8 Å². The number of aromatic nitrogens is 4. The molecular formula is C27H26F2N5O9P. The predicted molar refractivity (Wildman–Crippen MR) is 151 cm³/mol. The maximum Gasteiger partial charge on any atom is 0.519 e. The minimum atomic E-state index is -4.14. The molecule has 0 amide bonds. The van der Waals surface area contributed by atoms with E-state index >= 15 is 0 Å². The zero-order valence-electron chi connectivity index (χ0n) is 23.4. The number of nitrogens with zero attached hydrogens (tertiary/aromatic N) is 3. The van der Waals surface area contributed by atoms with Gasteiger partial charge in [0.2, 0.25) is 5.95 Å². The number of aromatic amines is 1. The summed E-state index contributed by atoms with van der Waals surface area (Å²) in [5, 5.41) is 0. The van der Waals surface area contributed by atoms with E-state index < -0.39 is 43.6 Å². The highest BCUT2D eigenvalue weighted by Crippen LogP contribution is 2.50. The summed E-state index contributed by atoms with van der Waals surface area (Å²) >= 11 is 0. The van der Waals surface area contributed by atoms with Gasteiger partial charge in [-0.2, -0.15) is 4.98 Å². The van der Waals surface area contributed by atoms with Gasteiger partial charge in [0.15, 0.2) is 34.3 Å². The lowest BCUT2D eigenvalue weighted by Gasteiger charge is -2.19. The Bertz CT molecular complexity index is 1970. The van der Waals surface area contributed by atoms with Crippen LogP contribution < -0.4 is 21.9 Å². The normalized spacial score (nSPS) is 12.9. The van der Waals surface area contributed by atoms with Crippen molar-refractivity contribution in [1.82, 2.24) is 19.5 Å². The molecule has 5 aromatic rings. The Morgan fingerprint density at radius 1 is 1.07 bits per heavy atom. The van der Waals surface area contributed by atoms with Gasteiger partial charge in [-0.3, -0.25) is 18.9 Å². The third kappa shape index (κ3) is 6.94. The highest BCUT2D eigenvalue weighted by Gasteiger charge is 2.28. The lowest BCUT2D eigenvalue weighted by Crippen LogP contribution is -2.13. The molecule has 0 saturated heterocycles. The molecule has 0 spiro atoms. The van der Waals surface area contributed by atoms with Crippen LogP contribution in [0.5, 0.6) is 5.75 Å². The largest absolute Gasteiger partial charge is 0.519 e. The standard InChI is InChI=1S/C27H26F2N5O9P/c1-15-3-5-17(10-18(15)28)23-21(42-27(36)43-23)12-41-44(37,40-11-16-4-6-20(38-2)19(29)9-16)14-39-8-7-34-13-31-22-24(34)32-26(30)33-25(22)35/h3-6,9-10,13H,7-8,11-12,14H2,1-2H3,(H3,30,32,33,35). The van der Waals surface area contributed by atoms with E-state index in [0.29, 0.717) is 11.1 Å². The third-order valence-corrected chi connectivity index (χ3v) is 7.88. The lowest BCUT2D eigenvalue weighted by atomic mass is 10.1. The van der Waals surface area contributed by atoms with Gasteiger partial charge in [0.05, 0.1) is 26.7 Å². The van der Waals surface area contributed by atoms with E-state index in [4.69, 9.17) is 33.1 Å². The van der Waals surface area contributed by atoms with E-state index in [9.17, 15) is 22.9 Å². The zero-order valence-corrected chi connectivity index (χ0v) is 24.3. The van der Waals surface area contributed by atoms with Crippen molar-refractivity contribution < 1.29 is 40.7 Å². The number of nitrogen functional groups attached to an aromatic ring is 1. The van der Waals surface area contributed by atoms with Crippen molar-refractivity contribution in [3.63, 3.8) is 0 Å². The van der Waals surface area contributed by atoms with Gasteiger partial charge < -0.3 is 33.1 Å². The van der Waals surface area contributed by atoms with E-state index in [1.54, 1.807) is 6.92 Å². The minimum absolute atomic E-state index is 0.0110. The van der Waals surface area contributed by atoms with Gasteiger partial charge in [-0.1, -0.05) is 18.2 Å². The molecule has 2 aromatic carbocycles. The summed E-state index contributed by atoms with van der Waals surface area (Å²) in [4.78, 5) is 34.4. The first-order valence-corrected chi connectivity index (χ1v) is 14.7. The second kappa shape index (κ2) is 12.9. The fraction of sp³-hybridized carbons (Fsp3) is 0.259. The average Bonchev–Trinajstić information content (AvgIpc) is 3.58. The number of aryl methyl sites for hydroxylation is 1. The minimum Gasteiger partial charge on any atom is -0.494 e. The Labute approximate surface area is 246 Å². The molecule has 0 saturated carbocycles. The molecule has 0 radical (unpaired) electrons. The van der Waals surface area contributed by atoms with Crippen molar-refractivity contribution in [2.24, 2.45) is 0 Å². The maximum absolute atomic E-state index is 14.2. The second-order valence-electron chi connectivity index (χ2n) is 9.40. The van der Waals surface area contributed by atoms with Crippen LogP contribution >= 0.6 is 7.60 Å². The van der Waals surface area contributed by atoms with Gasteiger partial charge in [-0.25, -0.2) is 18.6 Å². The van der Waals surface area contributed by atoms with Crippen molar-refractivity contribution in [3.8, 4) is 17.1 Å². The van der Waals surface area contributed by atoms with E-state index in [1.807, 2.05) is 0 Å². The number of nitrogens with one attached hydrogen (secondary N) is 1. The number of ether oxygens (including phenoxy) is 2. The van der Waals surface area contributed by atoms with Crippen LogP contribution in [0.2, 0.25) is 0 Å². The summed E-state index contributed by atoms with van der Waals surface area (Å²) in [6, 6.07) is 8.19. The van der Waals surface area contributed by atoms with Crippen LogP contribution in [0.4, 0.5) is 14.7 Å². The number of rotatable bonds is 13. The van der Waals surface area contributed by atoms with Gasteiger partial charge in [-0.05, 0) is 36.2 Å². The topological polar surface area (TPSA) is 187 Å². The fourth-order valence-electron chi connectivity index (χ4n) is 4.07. The quantitative estimate of drug-likeness (QED) is 0.140. The number of hydrogen-bond acceptors (Lipinski definition) is 12. The first kappa shape index (κ1) is 30.8. The van der Waals surface area contributed by atoms with Crippen LogP contribution in [-0.2, 0) is 38.1 Å². The van der Waals surface area contributed by atoms with Crippen LogP contribution in [-0.4, -0.2) is 39.6 Å². The van der Waals surface area contributed by atoms with Crippen LogP contribution in [0.1, 0.15) is 16.9 Å². The van der Waals surface area contributed by atoms with Crippen molar-refractivity contribution >= 4 is 24.7 Å². The first-order valence-electron chi connectivity index (χ1n) is 12.9. The Hall–Kier alpha value is -4.63. The maximum atomic E-state index is 14.2. The van der Waals surface area contributed by atoms with Crippen molar-refractivity contribution in [1.29, 1.82) is 0 Å². The number of anilines is 1. The van der Waals surface area contributed by atoms with Crippen molar-refractivity contribution in [3.05, 3.63) is 92.2 Å². The summed E-state index contributed by atoms with van der Waals surface area (Å²) < 4.78 is 75.6. The summed E-state index contributed by atoms with van der Waals surface area (Å²) in [7, 11) is -2.83. The first-order chi connectivity index (χ1) is 21.0. The summed E-state index contributed by atoms with van der Waals surface area (Å²) in [5.74, 6) is -2.65. The zero-order chi connectivity index (χ0) is 31.4. The number of hydrogen-bond donors (Lipinski definition) is 2. The lowest BCUT2D eigenvalue weighted by molar-refractivity contribution is 0.114. The summed E-state index contributed by atoms with van der Waals surface area (Å²) in [5.41, 5.74) is 6.30. The average molecular weight is 634 g/mol. The third-order valence-electron chi connectivity index (χ3n) is 6.33. The molecule has 0 fully saturated rings. The molecule has 0 aliphatic rings. The molecular weight excluding hydrogens is 607 g/mol. The molecule has 0 bridgehead atoms. The van der Waals surface area contributed by atoms with Crippen LogP contribution in [0.3, 0.4) is 0 Å². The second-order valence-corrected chi connectivity index (χ2v) is 11.4. The number of halogens is 2. The molecule has 0 aliphatic heterocycles. The van der Waals surface area contributed by atoms with E-state index in [1.165, 1.54) is 42.3 Å². The highest BCUT2D eigenvalue weighted by molar-refractivity contribution is 7.53. The van der Waals surface area contributed by atoms with Crippen LogP contribution in [0.25, 0.3) is 22.5 Å². The molecule has 44 heavy (non-hydrogen) atoms. The molecule has 3 heterocycles. The van der Waals surface area contributed by atoms with Crippen LogP contribution in [0, 0.1) is 18.6 Å². The van der Waals surface area contributed by atoms with E-state index in [2.05, 4.69) is 15.0 Å². The Kier molecular flexibility index (Phi) is 9.06. The highest BCUT2D eigenvalue weighted by atomic mass is 31.2. The van der Waals surface area contributed by atoms with Gasteiger partial charge >= 0.3 is 13.4 Å². The van der Waals surface area contributed by atoms with Gasteiger partial charge in [0, 0.05) is 12.1 Å². The molecule has 232 valence electrons. The SMILES string of the molecule is COc1ccc(COP(=O)(COCCn2cnc3c(=O)[nH]c(N)nc32)OCc2oc(=O)oc2-c2ccc(C)c(F)c2)cc1F. The Balaban J connectivity index is 1.31. The predicted octanol–water partition coefficient (Wildman–Crippen LogP) is 4.11. The molecule has 14 nitrogen and oxygen atoms in total. The summed E-state index contributed by atoms with van der Waals surface area (Å²) in [6.07, 6.45) is 0.794. The molecule has 0 aliphatic carbocycles. The molecule has 1 atom stereocenters. The number of H-pyrrole nitrogens is 1. The fourth-order valence-corrected chi connectivity index (χ4v) is 5.31.